The fraction of sp³-hybridized carbons (Fsp3) is 0.182. The number of phenolic OH excluding ortho intramolecular Hbond substituents is 2. The molecule has 2 heterocycles. The SMILES string of the molecule is O=C1Nc2c(cnc(Cl)c2OC2CC2)C1(c1ccc(O)cc1)c1ccc(O)cc1. The highest BCUT2D eigenvalue weighted by atomic mass is 35.5. The number of aromatic nitrogens is 1. The Morgan fingerprint density at radius 2 is 1.55 bits per heavy atom. The van der Waals surface area contributed by atoms with Crippen LogP contribution in [0.2, 0.25) is 5.15 Å². The normalized spacial score (nSPS) is 16.9. The molecule has 0 bridgehead atoms. The van der Waals surface area contributed by atoms with Crippen molar-refractivity contribution in [3.8, 4) is 17.2 Å². The molecule has 29 heavy (non-hydrogen) atoms. The van der Waals surface area contributed by atoms with E-state index >= 15 is 0 Å². The summed E-state index contributed by atoms with van der Waals surface area (Å²) in [5, 5.41) is 22.7. The van der Waals surface area contributed by atoms with Crippen LogP contribution >= 0.6 is 11.6 Å². The third kappa shape index (κ3) is 2.71. The summed E-state index contributed by atoms with van der Waals surface area (Å²) < 4.78 is 5.96. The van der Waals surface area contributed by atoms with Crippen LogP contribution in [-0.4, -0.2) is 27.2 Å². The van der Waals surface area contributed by atoms with Gasteiger partial charge in [0.2, 0.25) is 5.91 Å². The molecule has 0 radical (unpaired) electrons. The number of halogens is 1. The van der Waals surface area contributed by atoms with Crippen LogP contribution in [0.3, 0.4) is 0 Å². The number of rotatable bonds is 4. The summed E-state index contributed by atoms with van der Waals surface area (Å²) in [6.07, 6.45) is 3.54. The second-order valence-corrected chi connectivity index (χ2v) is 7.64. The number of benzene rings is 2. The van der Waals surface area contributed by atoms with Gasteiger partial charge in [-0.2, -0.15) is 0 Å². The van der Waals surface area contributed by atoms with Crippen molar-refractivity contribution in [2.45, 2.75) is 24.4 Å². The van der Waals surface area contributed by atoms with Crippen LogP contribution < -0.4 is 10.1 Å². The molecule has 0 saturated heterocycles. The van der Waals surface area contributed by atoms with Crippen LogP contribution in [0, 0.1) is 0 Å². The van der Waals surface area contributed by atoms with E-state index in [4.69, 9.17) is 16.3 Å². The number of hydrogen-bond donors (Lipinski definition) is 3. The monoisotopic (exact) mass is 408 g/mol. The predicted molar refractivity (Wildman–Crippen MR) is 108 cm³/mol. The van der Waals surface area contributed by atoms with Crippen LogP contribution in [0.1, 0.15) is 29.5 Å². The summed E-state index contributed by atoms with van der Waals surface area (Å²) in [5.41, 5.74) is 1.19. The van der Waals surface area contributed by atoms with E-state index in [0.29, 0.717) is 28.1 Å². The first-order chi connectivity index (χ1) is 14.0. The number of nitrogens with zero attached hydrogens (tertiary/aromatic N) is 1. The molecule has 2 aliphatic rings. The Hall–Kier alpha value is -3.25. The molecule has 1 aliphatic heterocycles. The van der Waals surface area contributed by atoms with Crippen LogP contribution in [-0.2, 0) is 10.2 Å². The third-order valence-corrected chi connectivity index (χ3v) is 5.65. The lowest BCUT2D eigenvalue weighted by atomic mass is 9.70. The van der Waals surface area contributed by atoms with Crippen LogP contribution in [0.5, 0.6) is 17.2 Å². The molecule has 0 spiro atoms. The van der Waals surface area contributed by atoms with E-state index in [9.17, 15) is 15.0 Å². The number of ether oxygens (including phenoxy) is 1. The van der Waals surface area contributed by atoms with E-state index in [1.807, 2.05) is 0 Å². The first kappa shape index (κ1) is 17.8. The summed E-state index contributed by atoms with van der Waals surface area (Å²) >= 11 is 6.30. The van der Waals surface area contributed by atoms with Gasteiger partial charge in [0.15, 0.2) is 10.9 Å². The number of aromatic hydroxyl groups is 2. The van der Waals surface area contributed by atoms with Gasteiger partial charge in [-0.05, 0) is 48.2 Å². The molecule has 1 fully saturated rings. The highest BCUT2D eigenvalue weighted by Gasteiger charge is 2.51. The summed E-state index contributed by atoms with van der Waals surface area (Å²) in [7, 11) is 0. The molecule has 5 rings (SSSR count). The molecule has 1 aromatic heterocycles. The summed E-state index contributed by atoms with van der Waals surface area (Å²) in [6, 6.07) is 12.9. The Bertz CT molecular complexity index is 1060. The second-order valence-electron chi connectivity index (χ2n) is 7.28. The Kier molecular flexibility index (Phi) is 3.93. The maximum absolute atomic E-state index is 13.5. The molecule has 3 N–H and O–H groups in total. The number of hydrogen-bond acceptors (Lipinski definition) is 5. The zero-order valence-corrected chi connectivity index (χ0v) is 16.0. The molecule has 0 unspecified atom stereocenters. The van der Waals surface area contributed by atoms with Gasteiger partial charge in [-0.3, -0.25) is 4.79 Å². The molecule has 6 nitrogen and oxygen atoms in total. The third-order valence-electron chi connectivity index (χ3n) is 5.38. The fourth-order valence-corrected chi connectivity index (χ4v) is 4.02. The second kappa shape index (κ2) is 6.39. The van der Waals surface area contributed by atoms with Gasteiger partial charge < -0.3 is 20.3 Å². The molecule has 3 aromatic rings. The van der Waals surface area contributed by atoms with E-state index in [1.54, 1.807) is 30.5 Å². The van der Waals surface area contributed by atoms with Gasteiger partial charge in [0.05, 0.1) is 11.8 Å². The fourth-order valence-electron chi connectivity index (χ4n) is 3.83. The lowest BCUT2D eigenvalue weighted by Crippen LogP contribution is -2.37. The zero-order chi connectivity index (χ0) is 20.2. The number of pyridine rings is 1. The first-order valence-corrected chi connectivity index (χ1v) is 9.64. The minimum absolute atomic E-state index is 0.0787. The molecule has 1 aliphatic carbocycles. The number of carbonyl (C=O) groups is 1. The lowest BCUT2D eigenvalue weighted by molar-refractivity contribution is -0.118. The largest absolute Gasteiger partial charge is 0.508 e. The maximum atomic E-state index is 13.5. The molecule has 1 amide bonds. The van der Waals surface area contributed by atoms with Crippen molar-refractivity contribution >= 4 is 23.2 Å². The average molecular weight is 409 g/mol. The first-order valence-electron chi connectivity index (χ1n) is 9.26. The van der Waals surface area contributed by atoms with Crippen molar-refractivity contribution in [2.75, 3.05) is 5.32 Å². The molecule has 146 valence electrons. The number of carbonyl (C=O) groups excluding carboxylic acids is 1. The van der Waals surface area contributed by atoms with Crippen LogP contribution in [0.15, 0.2) is 54.7 Å². The van der Waals surface area contributed by atoms with Gasteiger partial charge in [-0.25, -0.2) is 4.98 Å². The van der Waals surface area contributed by atoms with E-state index in [1.165, 1.54) is 24.3 Å². The number of anilines is 1. The molecule has 2 aromatic carbocycles. The van der Waals surface area contributed by atoms with E-state index in [0.717, 1.165) is 12.8 Å². The molecule has 7 heteroatoms. The quantitative estimate of drug-likeness (QED) is 0.568. The standard InChI is InChI=1S/C22H17ClN2O4/c23-20-19(29-16-9-10-16)18-17(11-24-20)22(21(28)25-18,12-1-5-14(26)6-2-12)13-3-7-15(27)8-4-13/h1-8,11,16,26-27H,9-10H2,(H,25,28). The molecular formula is C22H17ClN2O4. The van der Waals surface area contributed by atoms with E-state index in [2.05, 4.69) is 10.3 Å². The van der Waals surface area contributed by atoms with Gasteiger partial charge >= 0.3 is 0 Å². The summed E-state index contributed by atoms with van der Waals surface area (Å²) in [5.74, 6) is 0.286. The maximum Gasteiger partial charge on any atom is 0.244 e. The number of phenols is 2. The molecule has 1 saturated carbocycles. The smallest absolute Gasteiger partial charge is 0.244 e. The minimum Gasteiger partial charge on any atom is -0.508 e. The molecular weight excluding hydrogens is 392 g/mol. The number of nitrogens with one attached hydrogen (secondary N) is 1. The van der Waals surface area contributed by atoms with Gasteiger partial charge in [-0.15, -0.1) is 0 Å². The van der Waals surface area contributed by atoms with Gasteiger partial charge in [0, 0.05) is 11.8 Å². The zero-order valence-electron chi connectivity index (χ0n) is 15.2. The highest BCUT2D eigenvalue weighted by Crippen LogP contribution is 2.52. The Balaban J connectivity index is 1.79. The van der Waals surface area contributed by atoms with Gasteiger partial charge in [0.1, 0.15) is 16.9 Å². The topological polar surface area (TPSA) is 91.7 Å². The van der Waals surface area contributed by atoms with Gasteiger partial charge in [0.25, 0.3) is 0 Å². The Labute approximate surface area is 171 Å². The Morgan fingerprint density at radius 1 is 1.00 bits per heavy atom. The van der Waals surface area contributed by atoms with E-state index in [-0.39, 0.29) is 28.7 Å². The van der Waals surface area contributed by atoms with Crippen molar-refractivity contribution < 1.29 is 19.7 Å². The predicted octanol–water partition coefficient (Wildman–Crippen LogP) is 3.97. The lowest BCUT2D eigenvalue weighted by Gasteiger charge is -2.29. The van der Waals surface area contributed by atoms with Crippen molar-refractivity contribution in [2.24, 2.45) is 0 Å². The van der Waals surface area contributed by atoms with Crippen LogP contribution in [0.4, 0.5) is 5.69 Å². The summed E-state index contributed by atoms with van der Waals surface area (Å²) in [4.78, 5) is 17.8. The van der Waals surface area contributed by atoms with Crippen molar-refractivity contribution in [1.29, 1.82) is 0 Å². The van der Waals surface area contributed by atoms with E-state index < -0.39 is 5.41 Å². The number of amides is 1. The summed E-state index contributed by atoms with van der Waals surface area (Å²) in [6.45, 7) is 0. The van der Waals surface area contributed by atoms with Crippen molar-refractivity contribution in [3.05, 3.63) is 76.6 Å². The van der Waals surface area contributed by atoms with Crippen molar-refractivity contribution in [3.63, 3.8) is 0 Å². The molecule has 0 atom stereocenters. The highest BCUT2D eigenvalue weighted by molar-refractivity contribution is 6.32. The minimum atomic E-state index is -1.23. The average Bonchev–Trinajstić information content (AvgIpc) is 3.48. The number of fused-ring (bicyclic) bond motifs is 1. The Morgan fingerprint density at radius 3 is 2.07 bits per heavy atom. The van der Waals surface area contributed by atoms with Crippen molar-refractivity contribution in [1.82, 2.24) is 4.98 Å². The van der Waals surface area contributed by atoms with Crippen LogP contribution in [0.25, 0.3) is 0 Å². The van der Waals surface area contributed by atoms with Gasteiger partial charge in [-0.1, -0.05) is 35.9 Å².